The van der Waals surface area contributed by atoms with Crippen molar-refractivity contribution in [1.29, 1.82) is 0 Å². The predicted octanol–water partition coefficient (Wildman–Crippen LogP) is -1.88. The molecule has 0 heterocycles. The molecule has 8 N–H and O–H groups in total. The molecule has 0 aromatic heterocycles. The molecular formula is C21H32N4O7. The van der Waals surface area contributed by atoms with E-state index in [-0.39, 0.29) is 12.3 Å². The van der Waals surface area contributed by atoms with Gasteiger partial charge in [0.05, 0.1) is 18.8 Å². The third kappa shape index (κ3) is 8.25. The molecule has 1 aromatic rings. The van der Waals surface area contributed by atoms with E-state index in [1.807, 2.05) is 0 Å². The Hall–Kier alpha value is -3.02. The summed E-state index contributed by atoms with van der Waals surface area (Å²) in [5.74, 6) is -4.00. The number of carbonyl (C=O) groups excluding carboxylic acids is 3. The number of carbonyl (C=O) groups is 4. The molecular weight excluding hydrogens is 420 g/mol. The highest BCUT2D eigenvalue weighted by Crippen LogP contribution is 2.06. The highest BCUT2D eigenvalue weighted by molar-refractivity contribution is 5.94. The van der Waals surface area contributed by atoms with Crippen LogP contribution in [-0.2, 0) is 25.6 Å². The number of hydrogen-bond donors (Lipinski definition) is 7. The maximum absolute atomic E-state index is 12.8. The first-order valence-corrected chi connectivity index (χ1v) is 10.2. The van der Waals surface area contributed by atoms with E-state index in [0.717, 1.165) is 0 Å². The first-order chi connectivity index (χ1) is 15.0. The zero-order chi connectivity index (χ0) is 24.4. The Balaban J connectivity index is 3.06. The smallest absolute Gasteiger partial charge is 0.328 e. The number of nitrogens with one attached hydrogen (secondary N) is 3. The fourth-order valence-corrected chi connectivity index (χ4v) is 2.74. The van der Waals surface area contributed by atoms with E-state index < -0.39 is 60.6 Å². The molecule has 5 atom stereocenters. The normalized spacial score (nSPS) is 15.7. The summed E-state index contributed by atoms with van der Waals surface area (Å²) in [6, 6.07) is 3.54. The number of rotatable bonds is 12. The largest absolute Gasteiger partial charge is 0.480 e. The lowest BCUT2D eigenvalue weighted by atomic mass is 10.0. The molecule has 0 aliphatic carbocycles. The number of carboxylic acid groups (broad SMARTS) is 1. The lowest BCUT2D eigenvalue weighted by Gasteiger charge is -2.27. The Morgan fingerprint density at radius 1 is 0.906 bits per heavy atom. The third-order valence-corrected chi connectivity index (χ3v) is 4.80. The average Bonchev–Trinajstić information content (AvgIpc) is 2.74. The van der Waals surface area contributed by atoms with E-state index >= 15 is 0 Å². The van der Waals surface area contributed by atoms with Gasteiger partial charge >= 0.3 is 5.97 Å². The van der Waals surface area contributed by atoms with E-state index in [1.54, 1.807) is 44.2 Å². The van der Waals surface area contributed by atoms with Gasteiger partial charge in [0.15, 0.2) is 0 Å². The minimum Gasteiger partial charge on any atom is -0.480 e. The summed E-state index contributed by atoms with van der Waals surface area (Å²) in [5.41, 5.74) is 6.46. The van der Waals surface area contributed by atoms with E-state index in [0.29, 0.717) is 5.56 Å². The average molecular weight is 453 g/mol. The van der Waals surface area contributed by atoms with Gasteiger partial charge in [0.2, 0.25) is 17.7 Å². The third-order valence-electron chi connectivity index (χ3n) is 4.80. The summed E-state index contributed by atoms with van der Waals surface area (Å²) in [4.78, 5) is 49.0. The van der Waals surface area contributed by atoms with E-state index in [1.165, 1.54) is 6.92 Å². The number of aliphatic hydroxyl groups excluding tert-OH is 2. The van der Waals surface area contributed by atoms with Crippen LogP contribution in [0.15, 0.2) is 30.3 Å². The minimum atomic E-state index is -1.56. The fraction of sp³-hybridized carbons (Fsp3) is 0.524. The second-order valence-corrected chi connectivity index (χ2v) is 7.83. The van der Waals surface area contributed by atoms with Gasteiger partial charge < -0.3 is 37.0 Å². The molecule has 11 nitrogen and oxygen atoms in total. The molecule has 0 bridgehead atoms. The van der Waals surface area contributed by atoms with Crippen LogP contribution in [-0.4, -0.2) is 75.9 Å². The Labute approximate surface area is 186 Å². The van der Waals surface area contributed by atoms with Gasteiger partial charge in [-0.3, -0.25) is 14.4 Å². The molecule has 0 saturated heterocycles. The summed E-state index contributed by atoms with van der Waals surface area (Å²) in [6.45, 7) is 3.90. The number of nitrogens with two attached hydrogens (primary N) is 1. The molecule has 3 amide bonds. The summed E-state index contributed by atoms with van der Waals surface area (Å²) < 4.78 is 0. The van der Waals surface area contributed by atoms with Crippen molar-refractivity contribution in [2.45, 2.75) is 57.5 Å². The van der Waals surface area contributed by atoms with Gasteiger partial charge in [0.25, 0.3) is 0 Å². The standard InChI is InChI=1S/C21H32N4O7/c1-11(2)16(22)19(29)25-17(12(3)27)20(30)23-14(9-13-7-5-4-6-8-13)18(28)24-15(10-26)21(31)32/h4-8,11-12,14-17,26-27H,9-10,22H2,1-3H3,(H,23,30)(H,24,28)(H,25,29)(H,31,32). The van der Waals surface area contributed by atoms with Crippen LogP contribution in [0.4, 0.5) is 0 Å². The van der Waals surface area contributed by atoms with Crippen molar-refractivity contribution in [3.63, 3.8) is 0 Å². The van der Waals surface area contributed by atoms with E-state index in [9.17, 15) is 29.4 Å². The summed E-state index contributed by atoms with van der Waals surface area (Å²) in [7, 11) is 0. The molecule has 0 spiro atoms. The van der Waals surface area contributed by atoms with Crippen LogP contribution in [0.3, 0.4) is 0 Å². The van der Waals surface area contributed by atoms with Gasteiger partial charge in [-0.2, -0.15) is 0 Å². The summed E-state index contributed by atoms with van der Waals surface area (Å²) >= 11 is 0. The molecule has 0 aliphatic heterocycles. The number of benzene rings is 1. The second kappa shape index (κ2) is 12.7. The molecule has 0 saturated carbocycles. The molecule has 0 radical (unpaired) electrons. The maximum atomic E-state index is 12.8. The molecule has 178 valence electrons. The Morgan fingerprint density at radius 3 is 1.94 bits per heavy atom. The van der Waals surface area contributed by atoms with Crippen LogP contribution >= 0.6 is 0 Å². The maximum Gasteiger partial charge on any atom is 0.328 e. The highest BCUT2D eigenvalue weighted by atomic mass is 16.4. The fourth-order valence-electron chi connectivity index (χ4n) is 2.74. The van der Waals surface area contributed by atoms with E-state index in [4.69, 9.17) is 10.8 Å². The van der Waals surface area contributed by atoms with Crippen LogP contribution in [0.5, 0.6) is 0 Å². The van der Waals surface area contributed by atoms with Crippen molar-refractivity contribution in [3.05, 3.63) is 35.9 Å². The molecule has 32 heavy (non-hydrogen) atoms. The minimum absolute atomic E-state index is 0.00215. The Morgan fingerprint density at radius 2 is 1.47 bits per heavy atom. The van der Waals surface area contributed by atoms with Gasteiger partial charge in [-0.25, -0.2) is 4.79 Å². The molecule has 5 unspecified atom stereocenters. The van der Waals surface area contributed by atoms with Crippen LogP contribution < -0.4 is 21.7 Å². The van der Waals surface area contributed by atoms with Crippen molar-refractivity contribution >= 4 is 23.7 Å². The first kappa shape index (κ1) is 27.0. The summed E-state index contributed by atoms with van der Waals surface area (Å²) in [5, 5.41) is 35.3. The summed E-state index contributed by atoms with van der Waals surface area (Å²) in [6.07, 6.45) is -1.30. The molecule has 0 fully saturated rings. The first-order valence-electron chi connectivity index (χ1n) is 10.2. The van der Waals surface area contributed by atoms with Crippen LogP contribution in [0.25, 0.3) is 0 Å². The molecule has 11 heteroatoms. The van der Waals surface area contributed by atoms with Crippen molar-refractivity contribution < 1.29 is 34.5 Å². The number of amides is 3. The van der Waals surface area contributed by atoms with Gasteiger partial charge in [0, 0.05) is 6.42 Å². The molecule has 0 aliphatic rings. The van der Waals surface area contributed by atoms with Crippen molar-refractivity contribution in [2.75, 3.05) is 6.61 Å². The molecule has 1 aromatic carbocycles. The zero-order valence-corrected chi connectivity index (χ0v) is 18.3. The number of hydrogen-bond acceptors (Lipinski definition) is 7. The highest BCUT2D eigenvalue weighted by Gasteiger charge is 2.32. The predicted molar refractivity (Wildman–Crippen MR) is 115 cm³/mol. The topological polar surface area (TPSA) is 191 Å². The number of aliphatic hydroxyl groups is 2. The Kier molecular flexibility index (Phi) is 10.8. The van der Waals surface area contributed by atoms with Crippen LogP contribution in [0, 0.1) is 5.92 Å². The van der Waals surface area contributed by atoms with E-state index in [2.05, 4.69) is 16.0 Å². The van der Waals surface area contributed by atoms with Crippen LogP contribution in [0.1, 0.15) is 26.3 Å². The number of aliphatic carboxylic acids is 1. The second-order valence-electron chi connectivity index (χ2n) is 7.83. The van der Waals surface area contributed by atoms with Crippen molar-refractivity contribution in [2.24, 2.45) is 11.7 Å². The lowest BCUT2D eigenvalue weighted by Crippen LogP contribution is -2.60. The lowest BCUT2D eigenvalue weighted by molar-refractivity contribution is -0.143. The van der Waals surface area contributed by atoms with Gasteiger partial charge in [-0.15, -0.1) is 0 Å². The number of carboxylic acids is 1. The van der Waals surface area contributed by atoms with Gasteiger partial charge in [-0.05, 0) is 18.4 Å². The van der Waals surface area contributed by atoms with Gasteiger partial charge in [-0.1, -0.05) is 44.2 Å². The SMILES string of the molecule is CC(C)C(N)C(=O)NC(C(=O)NC(Cc1ccccc1)C(=O)NC(CO)C(=O)O)C(C)O. The van der Waals surface area contributed by atoms with Gasteiger partial charge in [0.1, 0.15) is 18.1 Å². The Bertz CT molecular complexity index is 786. The molecule has 1 rings (SSSR count). The quantitative estimate of drug-likeness (QED) is 0.192. The van der Waals surface area contributed by atoms with Crippen LogP contribution in [0.2, 0.25) is 0 Å². The zero-order valence-electron chi connectivity index (χ0n) is 18.3. The van der Waals surface area contributed by atoms with Crippen molar-refractivity contribution in [3.8, 4) is 0 Å². The van der Waals surface area contributed by atoms with Crippen molar-refractivity contribution in [1.82, 2.24) is 16.0 Å². The monoisotopic (exact) mass is 452 g/mol.